The van der Waals surface area contributed by atoms with Crippen LogP contribution in [-0.4, -0.2) is 38.8 Å². The molecule has 0 spiro atoms. The number of piperidine rings is 1. The SMILES string of the molecule is COCC(C)CNC(=O)[C@H]1CCN[C@@H](C)C1.Cl. The zero-order valence-corrected chi connectivity index (χ0v) is 11.8. The molecule has 102 valence electrons. The van der Waals surface area contributed by atoms with Crippen molar-refractivity contribution in [2.24, 2.45) is 11.8 Å². The van der Waals surface area contributed by atoms with Gasteiger partial charge < -0.3 is 15.4 Å². The summed E-state index contributed by atoms with van der Waals surface area (Å²) in [5.74, 6) is 0.774. The molecule has 0 aromatic carbocycles. The van der Waals surface area contributed by atoms with Crippen molar-refractivity contribution < 1.29 is 9.53 Å². The van der Waals surface area contributed by atoms with Crippen LogP contribution in [0.2, 0.25) is 0 Å². The van der Waals surface area contributed by atoms with Crippen molar-refractivity contribution in [3.8, 4) is 0 Å². The Morgan fingerprint density at radius 2 is 2.29 bits per heavy atom. The average Bonchev–Trinajstić information content (AvgIpc) is 2.26. The van der Waals surface area contributed by atoms with Crippen LogP contribution >= 0.6 is 12.4 Å². The summed E-state index contributed by atoms with van der Waals surface area (Å²) in [6.45, 7) is 6.57. The lowest BCUT2D eigenvalue weighted by atomic mass is 9.92. The van der Waals surface area contributed by atoms with Crippen molar-refractivity contribution in [1.82, 2.24) is 10.6 Å². The molecule has 1 rings (SSSR count). The van der Waals surface area contributed by atoms with E-state index < -0.39 is 0 Å². The molecule has 0 aliphatic carbocycles. The molecular weight excluding hydrogens is 240 g/mol. The van der Waals surface area contributed by atoms with Gasteiger partial charge in [-0.05, 0) is 32.2 Å². The fourth-order valence-corrected chi connectivity index (χ4v) is 2.13. The minimum Gasteiger partial charge on any atom is -0.384 e. The van der Waals surface area contributed by atoms with Crippen molar-refractivity contribution in [3.63, 3.8) is 0 Å². The van der Waals surface area contributed by atoms with Gasteiger partial charge in [0.25, 0.3) is 0 Å². The molecule has 1 unspecified atom stereocenters. The highest BCUT2D eigenvalue weighted by Gasteiger charge is 2.24. The van der Waals surface area contributed by atoms with Crippen LogP contribution in [0.1, 0.15) is 26.7 Å². The molecule has 1 fully saturated rings. The van der Waals surface area contributed by atoms with Crippen LogP contribution in [0.25, 0.3) is 0 Å². The molecule has 0 radical (unpaired) electrons. The number of hydrogen-bond donors (Lipinski definition) is 2. The number of hydrogen-bond acceptors (Lipinski definition) is 3. The highest BCUT2D eigenvalue weighted by atomic mass is 35.5. The Morgan fingerprint density at radius 3 is 2.88 bits per heavy atom. The second-order valence-corrected chi connectivity index (χ2v) is 4.88. The molecule has 17 heavy (non-hydrogen) atoms. The monoisotopic (exact) mass is 264 g/mol. The van der Waals surface area contributed by atoms with Crippen molar-refractivity contribution in [1.29, 1.82) is 0 Å². The third kappa shape index (κ3) is 6.24. The molecule has 0 aromatic rings. The maximum Gasteiger partial charge on any atom is 0.223 e. The fourth-order valence-electron chi connectivity index (χ4n) is 2.13. The van der Waals surface area contributed by atoms with Crippen LogP contribution in [-0.2, 0) is 9.53 Å². The third-order valence-electron chi connectivity index (χ3n) is 3.07. The largest absolute Gasteiger partial charge is 0.384 e. The molecule has 1 amide bonds. The van der Waals surface area contributed by atoms with Gasteiger partial charge in [0, 0.05) is 25.6 Å². The molecule has 3 atom stereocenters. The zero-order valence-electron chi connectivity index (χ0n) is 11.0. The van der Waals surface area contributed by atoms with Gasteiger partial charge in [0.2, 0.25) is 5.91 Å². The van der Waals surface area contributed by atoms with Gasteiger partial charge in [-0.1, -0.05) is 6.92 Å². The highest BCUT2D eigenvalue weighted by molar-refractivity contribution is 5.85. The second-order valence-electron chi connectivity index (χ2n) is 4.88. The summed E-state index contributed by atoms with van der Waals surface area (Å²) in [4.78, 5) is 11.9. The predicted molar refractivity (Wildman–Crippen MR) is 71.5 cm³/mol. The molecule has 0 bridgehead atoms. The molecule has 1 aliphatic heterocycles. The van der Waals surface area contributed by atoms with Crippen LogP contribution in [0.3, 0.4) is 0 Å². The first-order valence-corrected chi connectivity index (χ1v) is 6.13. The number of rotatable bonds is 5. The minimum atomic E-state index is 0. The Hall–Kier alpha value is -0.320. The molecule has 4 nitrogen and oxygen atoms in total. The van der Waals surface area contributed by atoms with Crippen molar-refractivity contribution in [2.75, 3.05) is 26.8 Å². The van der Waals surface area contributed by atoms with Crippen LogP contribution in [0.4, 0.5) is 0 Å². The number of carbonyl (C=O) groups is 1. The van der Waals surface area contributed by atoms with Crippen molar-refractivity contribution in [2.45, 2.75) is 32.7 Å². The second kappa shape index (κ2) is 8.72. The molecule has 1 aliphatic rings. The molecule has 5 heteroatoms. The molecule has 1 saturated heterocycles. The van der Waals surface area contributed by atoms with Crippen LogP contribution < -0.4 is 10.6 Å². The molecular formula is C12H25ClN2O2. The van der Waals surface area contributed by atoms with E-state index in [1.54, 1.807) is 7.11 Å². The first-order chi connectivity index (χ1) is 7.63. The summed E-state index contributed by atoms with van der Waals surface area (Å²) >= 11 is 0. The van der Waals surface area contributed by atoms with E-state index in [-0.39, 0.29) is 24.2 Å². The van der Waals surface area contributed by atoms with E-state index in [2.05, 4.69) is 24.5 Å². The summed E-state index contributed by atoms with van der Waals surface area (Å²) in [6.07, 6.45) is 1.90. The summed E-state index contributed by atoms with van der Waals surface area (Å²) in [6, 6.07) is 0.459. The van der Waals surface area contributed by atoms with E-state index >= 15 is 0 Å². The van der Waals surface area contributed by atoms with Gasteiger partial charge in [0.05, 0.1) is 6.61 Å². The standard InChI is InChI=1S/C12H24N2O2.ClH/c1-9(8-16-3)7-14-12(15)11-4-5-13-10(2)6-11;/h9-11,13H,4-8H2,1-3H3,(H,14,15);1H/t9?,10-,11-;/m0./s1. The van der Waals surface area contributed by atoms with Crippen LogP contribution in [0, 0.1) is 11.8 Å². The normalized spacial score (nSPS) is 25.8. The molecule has 1 heterocycles. The smallest absolute Gasteiger partial charge is 0.223 e. The fraction of sp³-hybridized carbons (Fsp3) is 0.917. The maximum atomic E-state index is 11.9. The third-order valence-corrected chi connectivity index (χ3v) is 3.07. The zero-order chi connectivity index (χ0) is 12.0. The van der Waals surface area contributed by atoms with Gasteiger partial charge >= 0.3 is 0 Å². The van der Waals surface area contributed by atoms with E-state index in [1.165, 1.54) is 0 Å². The van der Waals surface area contributed by atoms with Gasteiger partial charge in [-0.2, -0.15) is 0 Å². The number of nitrogens with one attached hydrogen (secondary N) is 2. The molecule has 0 saturated carbocycles. The number of ether oxygens (including phenoxy) is 1. The lowest BCUT2D eigenvalue weighted by Gasteiger charge is -2.27. The van der Waals surface area contributed by atoms with E-state index in [0.717, 1.165) is 19.4 Å². The first kappa shape index (κ1) is 16.7. The van der Waals surface area contributed by atoms with Gasteiger partial charge in [-0.15, -0.1) is 12.4 Å². The summed E-state index contributed by atoms with van der Waals surface area (Å²) in [5, 5.41) is 6.36. The predicted octanol–water partition coefficient (Wildman–Crippen LogP) is 1.19. The first-order valence-electron chi connectivity index (χ1n) is 6.13. The van der Waals surface area contributed by atoms with E-state index in [9.17, 15) is 4.79 Å². The summed E-state index contributed by atoms with van der Waals surface area (Å²) < 4.78 is 5.04. The summed E-state index contributed by atoms with van der Waals surface area (Å²) in [7, 11) is 1.69. The van der Waals surface area contributed by atoms with Crippen LogP contribution in [0.5, 0.6) is 0 Å². The lowest BCUT2D eigenvalue weighted by Crippen LogP contribution is -2.43. The van der Waals surface area contributed by atoms with Crippen LogP contribution in [0.15, 0.2) is 0 Å². The van der Waals surface area contributed by atoms with E-state index in [0.29, 0.717) is 25.1 Å². The van der Waals surface area contributed by atoms with Gasteiger partial charge in [-0.25, -0.2) is 0 Å². The van der Waals surface area contributed by atoms with Crippen molar-refractivity contribution in [3.05, 3.63) is 0 Å². The molecule has 0 aromatic heterocycles. The quantitative estimate of drug-likeness (QED) is 0.785. The lowest BCUT2D eigenvalue weighted by molar-refractivity contribution is -0.126. The molecule has 2 N–H and O–H groups in total. The van der Waals surface area contributed by atoms with Gasteiger partial charge in [0.1, 0.15) is 0 Å². The van der Waals surface area contributed by atoms with Gasteiger partial charge in [0.15, 0.2) is 0 Å². The number of carbonyl (C=O) groups excluding carboxylic acids is 1. The Balaban J connectivity index is 0.00000256. The van der Waals surface area contributed by atoms with E-state index in [4.69, 9.17) is 4.74 Å². The average molecular weight is 265 g/mol. The van der Waals surface area contributed by atoms with Gasteiger partial charge in [-0.3, -0.25) is 4.79 Å². The Kier molecular flexibility index (Phi) is 8.56. The number of methoxy groups -OCH3 is 1. The van der Waals surface area contributed by atoms with Crippen molar-refractivity contribution >= 4 is 18.3 Å². The summed E-state index contributed by atoms with van der Waals surface area (Å²) in [5.41, 5.74) is 0. The minimum absolute atomic E-state index is 0. The van der Waals surface area contributed by atoms with E-state index in [1.807, 2.05) is 0 Å². The Bertz CT molecular complexity index is 227. The topological polar surface area (TPSA) is 50.4 Å². The maximum absolute atomic E-state index is 11.9. The number of amides is 1. The number of halogens is 1. The Morgan fingerprint density at radius 1 is 1.59 bits per heavy atom. The highest BCUT2D eigenvalue weighted by Crippen LogP contribution is 2.15. The Labute approximate surface area is 110 Å².